The van der Waals surface area contributed by atoms with Gasteiger partial charge in [-0.15, -0.1) is 46.7 Å². The number of carbonyl (C=O) groups is 1. The number of nitrogens with one attached hydrogen (secondary N) is 3. The van der Waals surface area contributed by atoms with Crippen molar-refractivity contribution in [1.82, 2.24) is 25.9 Å². The number of carbonyl (C=O) groups excluding carboxylic acids is 1. The third-order valence-electron chi connectivity index (χ3n) is 3.58. The van der Waals surface area contributed by atoms with E-state index < -0.39 is 0 Å². The van der Waals surface area contributed by atoms with Gasteiger partial charge in [0.05, 0.1) is 21.9 Å². The molecule has 2 aromatic rings. The van der Waals surface area contributed by atoms with E-state index in [1.807, 2.05) is 13.8 Å². The molecule has 0 aliphatic heterocycles. The number of amides is 1. The van der Waals surface area contributed by atoms with Crippen LogP contribution in [0, 0.1) is 20.8 Å². The summed E-state index contributed by atoms with van der Waals surface area (Å²) in [5, 5.41) is 10.4. The summed E-state index contributed by atoms with van der Waals surface area (Å²) in [5.41, 5.74) is 3.55. The van der Waals surface area contributed by atoms with Gasteiger partial charge in [-0.2, -0.15) is 0 Å². The Morgan fingerprint density at radius 3 is 2.38 bits per heavy atom. The lowest BCUT2D eigenvalue weighted by atomic mass is 10.4. The number of rotatable bonds is 7. The molecule has 10 heteroatoms. The number of aliphatic imine (C=N–C) groups is 1. The molecule has 0 spiro atoms. The van der Waals surface area contributed by atoms with E-state index in [1.165, 1.54) is 16.2 Å². The van der Waals surface area contributed by atoms with E-state index >= 15 is 0 Å². The van der Waals surface area contributed by atoms with Crippen LogP contribution in [0.1, 0.15) is 30.9 Å². The largest absolute Gasteiger partial charge is 0.356 e. The number of hydrogen-bond acceptors (Lipinski definition) is 6. The second kappa shape index (κ2) is 11.4. The summed E-state index contributed by atoms with van der Waals surface area (Å²) in [6, 6.07) is 0. The Balaban J connectivity index is 0.00000338. The number of thiazole rings is 2. The number of hydrogen-bond donors (Lipinski definition) is 3. The first-order chi connectivity index (χ1) is 12.0. The number of nitrogens with zero attached hydrogens (tertiary/aromatic N) is 3. The molecule has 3 N–H and O–H groups in total. The second-order valence-corrected chi connectivity index (χ2v) is 7.59. The fourth-order valence-corrected chi connectivity index (χ4v) is 3.76. The molecular formula is C16H25IN6OS2. The third-order valence-corrected chi connectivity index (χ3v) is 5.64. The van der Waals surface area contributed by atoms with Crippen molar-refractivity contribution in [2.24, 2.45) is 4.99 Å². The Labute approximate surface area is 179 Å². The molecule has 26 heavy (non-hydrogen) atoms. The molecular weight excluding hydrogens is 483 g/mol. The van der Waals surface area contributed by atoms with Crippen molar-refractivity contribution in [3.8, 4) is 0 Å². The van der Waals surface area contributed by atoms with Gasteiger partial charge in [0.15, 0.2) is 5.96 Å². The molecule has 0 atom stereocenters. The van der Waals surface area contributed by atoms with Crippen molar-refractivity contribution in [2.75, 3.05) is 26.7 Å². The Hall–Kier alpha value is -1.27. The molecule has 2 rings (SSSR count). The van der Waals surface area contributed by atoms with Gasteiger partial charge >= 0.3 is 0 Å². The van der Waals surface area contributed by atoms with Crippen molar-refractivity contribution in [3.05, 3.63) is 31.7 Å². The summed E-state index contributed by atoms with van der Waals surface area (Å²) in [6.07, 6.45) is 0.863. The SMILES string of the molecule is CN=C(NCCNC(=O)c1scnc1C)NCCc1nc(C)c(C)s1.I. The quantitative estimate of drug-likeness (QED) is 0.231. The molecule has 2 aromatic heterocycles. The zero-order valence-electron chi connectivity index (χ0n) is 15.4. The van der Waals surface area contributed by atoms with Crippen molar-refractivity contribution in [2.45, 2.75) is 27.2 Å². The summed E-state index contributed by atoms with van der Waals surface area (Å²) >= 11 is 3.09. The highest BCUT2D eigenvalue weighted by Crippen LogP contribution is 2.16. The minimum atomic E-state index is -0.0840. The van der Waals surface area contributed by atoms with Gasteiger partial charge in [0.25, 0.3) is 5.91 Å². The van der Waals surface area contributed by atoms with Crippen molar-refractivity contribution in [1.29, 1.82) is 0 Å². The van der Waals surface area contributed by atoms with Gasteiger partial charge < -0.3 is 16.0 Å². The van der Waals surface area contributed by atoms with Crippen LogP contribution in [0.3, 0.4) is 0 Å². The molecule has 7 nitrogen and oxygen atoms in total. The molecule has 1 amide bonds. The molecule has 0 aliphatic rings. The molecule has 0 aliphatic carbocycles. The van der Waals surface area contributed by atoms with Gasteiger partial charge in [0, 0.05) is 38.0 Å². The van der Waals surface area contributed by atoms with Crippen LogP contribution in [0.25, 0.3) is 0 Å². The number of halogens is 1. The van der Waals surface area contributed by atoms with Crippen LogP contribution in [0.5, 0.6) is 0 Å². The number of aromatic nitrogens is 2. The summed E-state index contributed by atoms with van der Waals surface area (Å²) in [6.45, 7) is 7.83. The van der Waals surface area contributed by atoms with Gasteiger partial charge in [-0.05, 0) is 20.8 Å². The van der Waals surface area contributed by atoms with E-state index in [2.05, 4.69) is 37.8 Å². The van der Waals surface area contributed by atoms with Crippen LogP contribution >= 0.6 is 46.7 Å². The smallest absolute Gasteiger partial charge is 0.263 e. The molecule has 0 unspecified atom stereocenters. The summed E-state index contributed by atoms with van der Waals surface area (Å²) < 4.78 is 0. The van der Waals surface area contributed by atoms with Crippen molar-refractivity contribution in [3.63, 3.8) is 0 Å². The van der Waals surface area contributed by atoms with Gasteiger partial charge in [0.2, 0.25) is 0 Å². The third kappa shape index (κ3) is 6.80. The van der Waals surface area contributed by atoms with Crippen molar-refractivity contribution >= 4 is 58.5 Å². The zero-order chi connectivity index (χ0) is 18.2. The number of aryl methyl sites for hydroxylation is 3. The van der Waals surface area contributed by atoms with Crippen LogP contribution in [0.15, 0.2) is 10.5 Å². The van der Waals surface area contributed by atoms with E-state index in [0.29, 0.717) is 23.9 Å². The van der Waals surface area contributed by atoms with Gasteiger partial charge in [-0.25, -0.2) is 9.97 Å². The zero-order valence-corrected chi connectivity index (χ0v) is 19.3. The molecule has 0 bridgehead atoms. The molecule has 0 fully saturated rings. The van der Waals surface area contributed by atoms with Crippen LogP contribution in [0.2, 0.25) is 0 Å². The molecule has 0 aromatic carbocycles. The van der Waals surface area contributed by atoms with E-state index in [4.69, 9.17) is 0 Å². The van der Waals surface area contributed by atoms with E-state index in [9.17, 15) is 4.79 Å². The average Bonchev–Trinajstić information content (AvgIpc) is 3.15. The lowest BCUT2D eigenvalue weighted by molar-refractivity contribution is 0.0957. The topological polar surface area (TPSA) is 91.3 Å². The average molecular weight is 508 g/mol. The molecule has 0 radical (unpaired) electrons. The Bertz CT molecular complexity index is 723. The van der Waals surface area contributed by atoms with Crippen molar-refractivity contribution < 1.29 is 4.79 Å². The molecule has 144 valence electrons. The maximum absolute atomic E-state index is 12.0. The lowest BCUT2D eigenvalue weighted by Gasteiger charge is -2.11. The van der Waals surface area contributed by atoms with E-state index in [-0.39, 0.29) is 29.9 Å². The minimum absolute atomic E-state index is 0. The molecule has 2 heterocycles. The minimum Gasteiger partial charge on any atom is -0.356 e. The lowest BCUT2D eigenvalue weighted by Crippen LogP contribution is -2.42. The standard InChI is InChI=1S/C16H24N6OS2.HI/c1-10-12(3)25-13(22-10)5-6-19-16(17-4)20-8-7-18-15(23)14-11(2)21-9-24-14;/h9H,5-8H2,1-4H3,(H,18,23)(H2,17,19,20);1H. The summed E-state index contributed by atoms with van der Waals surface area (Å²) in [5.74, 6) is 0.632. The normalized spacial score (nSPS) is 11.0. The highest BCUT2D eigenvalue weighted by atomic mass is 127. The maximum atomic E-state index is 12.0. The Morgan fingerprint density at radius 2 is 1.81 bits per heavy atom. The van der Waals surface area contributed by atoms with Crippen LogP contribution in [0.4, 0.5) is 0 Å². The van der Waals surface area contributed by atoms with E-state index in [0.717, 1.165) is 29.4 Å². The molecule has 0 saturated carbocycles. The first-order valence-corrected chi connectivity index (χ1v) is 9.76. The van der Waals surface area contributed by atoms with Gasteiger partial charge in [0.1, 0.15) is 4.88 Å². The van der Waals surface area contributed by atoms with Crippen LogP contribution in [-0.2, 0) is 6.42 Å². The fraction of sp³-hybridized carbons (Fsp3) is 0.500. The maximum Gasteiger partial charge on any atom is 0.263 e. The van der Waals surface area contributed by atoms with Crippen LogP contribution < -0.4 is 16.0 Å². The number of guanidine groups is 1. The van der Waals surface area contributed by atoms with Crippen LogP contribution in [-0.4, -0.2) is 48.5 Å². The van der Waals surface area contributed by atoms with E-state index in [1.54, 1.807) is 23.9 Å². The molecule has 0 saturated heterocycles. The highest BCUT2D eigenvalue weighted by Gasteiger charge is 2.10. The first-order valence-electron chi connectivity index (χ1n) is 8.07. The van der Waals surface area contributed by atoms with Gasteiger partial charge in [-0.3, -0.25) is 9.79 Å². The predicted octanol–water partition coefficient (Wildman–Crippen LogP) is 2.28. The summed E-state index contributed by atoms with van der Waals surface area (Å²) in [7, 11) is 1.73. The second-order valence-electron chi connectivity index (χ2n) is 5.45. The first kappa shape index (κ1) is 22.8. The fourth-order valence-electron chi connectivity index (χ4n) is 2.11. The summed E-state index contributed by atoms with van der Waals surface area (Å²) in [4.78, 5) is 26.7. The Morgan fingerprint density at radius 1 is 1.12 bits per heavy atom. The highest BCUT2D eigenvalue weighted by molar-refractivity contribution is 14.0. The van der Waals surface area contributed by atoms with Gasteiger partial charge in [-0.1, -0.05) is 0 Å². The Kier molecular flexibility index (Phi) is 10.0. The predicted molar refractivity (Wildman–Crippen MR) is 119 cm³/mol. The monoisotopic (exact) mass is 508 g/mol.